The van der Waals surface area contributed by atoms with Gasteiger partial charge in [0.2, 0.25) is 0 Å². The second-order valence-electron chi connectivity index (χ2n) is 11.1. The van der Waals surface area contributed by atoms with Crippen molar-refractivity contribution in [1.29, 1.82) is 0 Å². The third-order valence-corrected chi connectivity index (χ3v) is 9.09. The Labute approximate surface area is 247 Å². The molecule has 5 aromatic rings. The minimum absolute atomic E-state index is 0.286. The van der Waals surface area contributed by atoms with Gasteiger partial charge in [0.05, 0.1) is 14.2 Å². The number of ether oxygens (including phenoxy) is 3. The van der Waals surface area contributed by atoms with Gasteiger partial charge in [-0.3, -0.25) is 0 Å². The lowest BCUT2D eigenvalue weighted by atomic mass is 9.77. The summed E-state index contributed by atoms with van der Waals surface area (Å²) in [6.07, 6.45) is 4.29. The van der Waals surface area contributed by atoms with Gasteiger partial charge in [-0.25, -0.2) is 4.39 Å². The number of rotatable bonds is 4. The molecule has 0 spiro atoms. The van der Waals surface area contributed by atoms with Gasteiger partial charge in [-0.2, -0.15) is 0 Å². The van der Waals surface area contributed by atoms with E-state index in [4.69, 9.17) is 14.2 Å². The summed E-state index contributed by atoms with van der Waals surface area (Å²) in [5, 5.41) is 1.72. The predicted molar refractivity (Wildman–Crippen MR) is 166 cm³/mol. The molecule has 0 aromatic heterocycles. The molecular formula is C36H28BrFO3. The number of benzene rings is 5. The van der Waals surface area contributed by atoms with E-state index in [0.29, 0.717) is 5.75 Å². The van der Waals surface area contributed by atoms with Crippen LogP contribution in [0, 0.1) is 5.82 Å². The molecule has 2 aliphatic rings. The number of halogens is 2. The molecule has 0 saturated carbocycles. The van der Waals surface area contributed by atoms with Gasteiger partial charge >= 0.3 is 0 Å². The number of hydrogen-bond acceptors (Lipinski definition) is 3. The van der Waals surface area contributed by atoms with Crippen LogP contribution in [0.15, 0.2) is 95.5 Å². The van der Waals surface area contributed by atoms with E-state index in [1.807, 2.05) is 54.6 Å². The first-order chi connectivity index (χ1) is 19.8. The zero-order valence-corrected chi connectivity index (χ0v) is 24.8. The first kappa shape index (κ1) is 25.8. The molecule has 0 unspecified atom stereocenters. The van der Waals surface area contributed by atoms with Crippen LogP contribution in [0.1, 0.15) is 41.7 Å². The fraction of sp³-hybridized carbons (Fsp3) is 0.167. The third kappa shape index (κ3) is 3.75. The van der Waals surface area contributed by atoms with Crippen LogP contribution in [0.4, 0.5) is 4.39 Å². The molecule has 0 fully saturated rings. The summed E-state index contributed by atoms with van der Waals surface area (Å²) in [5.41, 5.74) is 6.32. The topological polar surface area (TPSA) is 27.7 Å². The molecule has 1 aliphatic heterocycles. The number of methoxy groups -OCH3 is 2. The summed E-state index contributed by atoms with van der Waals surface area (Å²) in [7, 11) is 3.31. The second kappa shape index (κ2) is 9.22. The van der Waals surface area contributed by atoms with Crippen LogP contribution >= 0.6 is 15.9 Å². The fourth-order valence-corrected chi connectivity index (χ4v) is 6.96. The summed E-state index contributed by atoms with van der Waals surface area (Å²) in [5.74, 6) is 1.89. The van der Waals surface area contributed by atoms with Crippen molar-refractivity contribution in [3.8, 4) is 28.4 Å². The van der Waals surface area contributed by atoms with Gasteiger partial charge in [-0.15, -0.1) is 0 Å². The van der Waals surface area contributed by atoms with E-state index in [1.165, 1.54) is 17.2 Å². The van der Waals surface area contributed by atoms with Gasteiger partial charge in [0.15, 0.2) is 5.60 Å². The molecule has 41 heavy (non-hydrogen) atoms. The Morgan fingerprint density at radius 2 is 1.39 bits per heavy atom. The van der Waals surface area contributed by atoms with E-state index < -0.39 is 5.60 Å². The Hall–Kier alpha value is -4.09. The highest BCUT2D eigenvalue weighted by atomic mass is 79.9. The Balaban J connectivity index is 1.54. The maximum absolute atomic E-state index is 15.0. The van der Waals surface area contributed by atoms with Gasteiger partial charge < -0.3 is 14.2 Å². The first-order valence-corrected chi connectivity index (χ1v) is 14.3. The van der Waals surface area contributed by atoms with Crippen molar-refractivity contribution in [2.75, 3.05) is 14.2 Å². The minimum Gasteiger partial charge on any atom is -0.497 e. The summed E-state index contributed by atoms with van der Waals surface area (Å²) >= 11 is 3.68. The maximum atomic E-state index is 15.0. The zero-order chi connectivity index (χ0) is 28.5. The van der Waals surface area contributed by atoms with E-state index >= 15 is 0 Å². The molecule has 1 heterocycles. The van der Waals surface area contributed by atoms with Crippen molar-refractivity contribution >= 4 is 32.8 Å². The predicted octanol–water partition coefficient (Wildman–Crippen LogP) is 9.41. The van der Waals surface area contributed by atoms with Crippen LogP contribution < -0.4 is 14.2 Å². The Kier molecular flexibility index (Phi) is 5.81. The van der Waals surface area contributed by atoms with Crippen LogP contribution in [-0.2, 0) is 11.0 Å². The van der Waals surface area contributed by atoms with E-state index in [-0.39, 0.29) is 11.2 Å². The van der Waals surface area contributed by atoms with Crippen LogP contribution in [0.25, 0.3) is 28.0 Å². The highest BCUT2D eigenvalue weighted by molar-refractivity contribution is 9.10. The largest absolute Gasteiger partial charge is 0.497 e. The molecule has 5 heteroatoms. The summed E-state index contributed by atoms with van der Waals surface area (Å²) in [6, 6.07) is 27.3. The monoisotopic (exact) mass is 606 g/mol. The quantitative estimate of drug-likeness (QED) is 0.204. The molecule has 204 valence electrons. The first-order valence-electron chi connectivity index (χ1n) is 13.5. The lowest BCUT2D eigenvalue weighted by Crippen LogP contribution is -2.35. The normalized spacial score (nSPS) is 15.6. The summed E-state index contributed by atoms with van der Waals surface area (Å²) in [6.45, 7) is 4.51. The van der Waals surface area contributed by atoms with Crippen LogP contribution in [0.3, 0.4) is 0 Å². The number of fused-ring (bicyclic) bond motifs is 8. The van der Waals surface area contributed by atoms with E-state index in [0.717, 1.165) is 54.6 Å². The summed E-state index contributed by atoms with van der Waals surface area (Å²) in [4.78, 5) is 0. The van der Waals surface area contributed by atoms with Crippen molar-refractivity contribution in [1.82, 2.24) is 0 Å². The maximum Gasteiger partial charge on any atom is 0.178 e. The highest BCUT2D eigenvalue weighted by Crippen LogP contribution is 2.58. The van der Waals surface area contributed by atoms with E-state index in [9.17, 15) is 4.39 Å². The highest BCUT2D eigenvalue weighted by Gasteiger charge is 2.44. The van der Waals surface area contributed by atoms with Gasteiger partial charge in [0.25, 0.3) is 0 Å². The molecule has 7 rings (SSSR count). The van der Waals surface area contributed by atoms with Crippen LogP contribution in [0.2, 0.25) is 0 Å². The van der Waals surface area contributed by atoms with Gasteiger partial charge in [-0.05, 0) is 82.2 Å². The fourth-order valence-electron chi connectivity index (χ4n) is 6.60. The van der Waals surface area contributed by atoms with Gasteiger partial charge in [-0.1, -0.05) is 72.3 Å². The second-order valence-corrected chi connectivity index (χ2v) is 12.0. The summed E-state index contributed by atoms with van der Waals surface area (Å²) < 4.78 is 34.1. The zero-order valence-electron chi connectivity index (χ0n) is 23.2. The molecule has 0 atom stereocenters. The Morgan fingerprint density at radius 3 is 2.00 bits per heavy atom. The van der Waals surface area contributed by atoms with E-state index in [2.05, 4.69) is 60.1 Å². The Morgan fingerprint density at radius 1 is 0.756 bits per heavy atom. The number of hydrogen-bond donors (Lipinski definition) is 0. The van der Waals surface area contributed by atoms with Crippen molar-refractivity contribution in [3.63, 3.8) is 0 Å². The SMILES string of the molecule is COc1ccc(C2(c3ccc(OC)cc3)C=Cc3c4c(c5ccc(F)cc5c3O2)-c2cc(Br)ccc2C4(C)C)cc1. The van der Waals surface area contributed by atoms with Crippen molar-refractivity contribution in [2.45, 2.75) is 24.9 Å². The molecule has 0 saturated heterocycles. The van der Waals surface area contributed by atoms with Crippen molar-refractivity contribution in [3.05, 3.63) is 129 Å². The Bertz CT molecular complexity index is 1820. The third-order valence-electron chi connectivity index (χ3n) is 8.59. The van der Waals surface area contributed by atoms with Gasteiger partial charge in [0, 0.05) is 32.0 Å². The molecule has 5 aromatic carbocycles. The lowest BCUT2D eigenvalue weighted by molar-refractivity contribution is 0.163. The molecule has 0 bridgehead atoms. The standard InChI is InChI=1S/C36H28BrFO3/c1-35(2)31-16-9-23(37)19-30(31)32-27-15-10-24(38)20-29(27)34-28(33(32)35)17-18-36(41-34,21-5-11-25(39-3)12-6-21)22-7-13-26(40-4)14-8-22/h5-20H,1-4H3. The minimum atomic E-state index is -0.961. The van der Waals surface area contributed by atoms with Crippen LogP contribution in [0.5, 0.6) is 17.2 Å². The molecule has 1 aliphatic carbocycles. The average Bonchev–Trinajstić information content (AvgIpc) is 3.23. The molecule has 0 amide bonds. The van der Waals surface area contributed by atoms with Crippen molar-refractivity contribution < 1.29 is 18.6 Å². The average molecular weight is 608 g/mol. The molecule has 0 N–H and O–H groups in total. The smallest absolute Gasteiger partial charge is 0.178 e. The van der Waals surface area contributed by atoms with E-state index in [1.54, 1.807) is 20.3 Å². The van der Waals surface area contributed by atoms with Crippen molar-refractivity contribution in [2.24, 2.45) is 0 Å². The molecule has 0 radical (unpaired) electrons. The lowest BCUT2D eigenvalue weighted by Gasteiger charge is -2.38. The molecule has 3 nitrogen and oxygen atoms in total. The van der Waals surface area contributed by atoms with Gasteiger partial charge in [0.1, 0.15) is 23.1 Å². The molecular weight excluding hydrogens is 579 g/mol. The van der Waals surface area contributed by atoms with Crippen LogP contribution in [-0.4, -0.2) is 14.2 Å².